The van der Waals surface area contributed by atoms with Crippen molar-refractivity contribution < 1.29 is 14.3 Å². The minimum absolute atomic E-state index is 0.242. The highest BCUT2D eigenvalue weighted by Gasteiger charge is 2.20. The Morgan fingerprint density at radius 3 is 2.80 bits per heavy atom. The Morgan fingerprint density at radius 1 is 1.50 bits per heavy atom. The Hall–Kier alpha value is -1.66. The number of rotatable bonds is 4. The van der Waals surface area contributed by atoms with E-state index in [0.717, 1.165) is 17.3 Å². The number of benzene rings is 1. The van der Waals surface area contributed by atoms with Gasteiger partial charge in [0.15, 0.2) is 16.7 Å². The summed E-state index contributed by atoms with van der Waals surface area (Å²) < 4.78 is 10.7. The molecule has 0 aromatic heterocycles. The van der Waals surface area contributed by atoms with E-state index in [-0.39, 0.29) is 11.1 Å². The summed E-state index contributed by atoms with van der Waals surface area (Å²) >= 11 is 7.27. The number of carbonyl (C=O) groups excluding carboxylic acids is 1. The van der Waals surface area contributed by atoms with Crippen molar-refractivity contribution in [3.63, 3.8) is 0 Å². The number of hydrogen-bond donors (Lipinski definition) is 1. The smallest absolute Gasteiger partial charge is 0.286 e. The predicted octanol–water partition coefficient (Wildman–Crippen LogP) is 2.68. The normalized spacial score (nSPS) is 16.4. The predicted molar refractivity (Wildman–Crippen MR) is 81.4 cm³/mol. The van der Waals surface area contributed by atoms with Crippen molar-refractivity contribution in [1.29, 1.82) is 0 Å². The first kappa shape index (κ1) is 14.7. The molecule has 0 saturated heterocycles. The van der Waals surface area contributed by atoms with Crippen molar-refractivity contribution in [2.24, 2.45) is 10.7 Å². The van der Waals surface area contributed by atoms with Crippen molar-refractivity contribution >= 4 is 40.5 Å². The molecule has 0 atom stereocenters. The van der Waals surface area contributed by atoms with Gasteiger partial charge >= 0.3 is 0 Å². The van der Waals surface area contributed by atoms with E-state index < -0.39 is 0 Å². The molecule has 1 amide bonds. The number of ether oxygens (including phenoxy) is 2. The molecule has 20 heavy (non-hydrogen) atoms. The first-order valence-electron chi connectivity index (χ1n) is 5.83. The zero-order valence-electron chi connectivity index (χ0n) is 11.0. The first-order valence-corrected chi connectivity index (χ1v) is 7.03. The molecular formula is C13H13ClN2O3S. The Kier molecular flexibility index (Phi) is 4.57. The van der Waals surface area contributed by atoms with Crippen LogP contribution in [0.25, 0.3) is 6.08 Å². The Labute approximate surface area is 125 Å². The number of nitrogens with zero attached hydrogens (tertiary/aromatic N) is 1. The van der Waals surface area contributed by atoms with Gasteiger partial charge in [-0.25, -0.2) is 0 Å². The van der Waals surface area contributed by atoms with Gasteiger partial charge in [-0.1, -0.05) is 11.6 Å². The van der Waals surface area contributed by atoms with Crippen LogP contribution in [0.5, 0.6) is 11.5 Å². The number of aliphatic imine (C=N–C) groups is 1. The number of amidine groups is 1. The van der Waals surface area contributed by atoms with Gasteiger partial charge in [0, 0.05) is 0 Å². The van der Waals surface area contributed by atoms with Crippen molar-refractivity contribution in [2.75, 3.05) is 13.7 Å². The van der Waals surface area contributed by atoms with E-state index in [9.17, 15) is 4.79 Å². The molecule has 1 aliphatic rings. The lowest BCUT2D eigenvalue weighted by Gasteiger charge is -2.11. The van der Waals surface area contributed by atoms with Gasteiger partial charge in [-0.05, 0) is 42.5 Å². The number of hydrogen-bond acceptors (Lipinski definition) is 5. The summed E-state index contributed by atoms with van der Waals surface area (Å²) in [5, 5.41) is 0.653. The molecule has 106 valence electrons. The van der Waals surface area contributed by atoms with Gasteiger partial charge in [0.05, 0.1) is 23.6 Å². The Balaban J connectivity index is 2.39. The third-order valence-electron chi connectivity index (χ3n) is 2.47. The molecule has 0 unspecified atom stereocenters. The van der Waals surface area contributed by atoms with E-state index in [4.69, 9.17) is 26.8 Å². The quantitative estimate of drug-likeness (QED) is 0.865. The number of carbonyl (C=O) groups is 1. The van der Waals surface area contributed by atoms with Crippen LogP contribution in [-0.4, -0.2) is 24.8 Å². The van der Waals surface area contributed by atoms with Crippen LogP contribution in [0.15, 0.2) is 22.0 Å². The maximum Gasteiger partial charge on any atom is 0.286 e. The van der Waals surface area contributed by atoms with Crippen LogP contribution in [0.1, 0.15) is 12.5 Å². The fraction of sp³-hybridized carbons (Fsp3) is 0.231. The van der Waals surface area contributed by atoms with E-state index in [1.165, 1.54) is 7.11 Å². The first-order chi connectivity index (χ1) is 9.55. The van der Waals surface area contributed by atoms with Gasteiger partial charge in [0.2, 0.25) is 0 Å². The molecule has 2 N–H and O–H groups in total. The van der Waals surface area contributed by atoms with Gasteiger partial charge in [-0.15, -0.1) is 0 Å². The van der Waals surface area contributed by atoms with Crippen molar-refractivity contribution in [1.82, 2.24) is 0 Å². The van der Waals surface area contributed by atoms with Gasteiger partial charge in [0.25, 0.3) is 5.91 Å². The van der Waals surface area contributed by atoms with Crippen LogP contribution in [0.2, 0.25) is 5.02 Å². The van der Waals surface area contributed by atoms with Gasteiger partial charge in [-0.2, -0.15) is 4.99 Å². The highest BCUT2D eigenvalue weighted by molar-refractivity contribution is 8.18. The van der Waals surface area contributed by atoms with E-state index in [0.29, 0.717) is 28.0 Å². The largest absolute Gasteiger partial charge is 0.491 e. The molecule has 0 aliphatic carbocycles. The zero-order chi connectivity index (χ0) is 14.7. The summed E-state index contributed by atoms with van der Waals surface area (Å²) in [7, 11) is 1.52. The molecule has 0 radical (unpaired) electrons. The molecule has 0 saturated carbocycles. The summed E-state index contributed by atoms with van der Waals surface area (Å²) in [6.45, 7) is 2.35. The van der Waals surface area contributed by atoms with E-state index >= 15 is 0 Å². The fourth-order valence-electron chi connectivity index (χ4n) is 1.71. The molecule has 1 aromatic carbocycles. The SMILES string of the molecule is CCOc1cc(/C=C2\SC(N)=NC2=O)cc(Cl)c1OC. The lowest BCUT2D eigenvalue weighted by Crippen LogP contribution is -2.01. The van der Waals surface area contributed by atoms with Crippen LogP contribution in [0.3, 0.4) is 0 Å². The summed E-state index contributed by atoms with van der Waals surface area (Å²) in [5.74, 6) is 0.646. The van der Waals surface area contributed by atoms with E-state index in [1.807, 2.05) is 6.92 Å². The highest BCUT2D eigenvalue weighted by atomic mass is 35.5. The Morgan fingerprint density at radius 2 is 2.25 bits per heavy atom. The molecule has 2 rings (SSSR count). The second kappa shape index (κ2) is 6.19. The van der Waals surface area contributed by atoms with Gasteiger partial charge < -0.3 is 15.2 Å². The number of nitrogens with two attached hydrogens (primary N) is 1. The fourth-order valence-corrected chi connectivity index (χ4v) is 2.69. The summed E-state index contributed by atoms with van der Waals surface area (Å²) in [5.41, 5.74) is 6.23. The van der Waals surface area contributed by atoms with Crippen LogP contribution >= 0.6 is 23.4 Å². The third kappa shape index (κ3) is 3.08. The molecule has 0 bridgehead atoms. The summed E-state index contributed by atoms with van der Waals surface area (Å²) in [6, 6.07) is 3.45. The molecule has 1 aliphatic heterocycles. The van der Waals surface area contributed by atoms with Crippen molar-refractivity contribution in [3.8, 4) is 11.5 Å². The monoisotopic (exact) mass is 312 g/mol. The van der Waals surface area contributed by atoms with Crippen LogP contribution in [0.4, 0.5) is 0 Å². The molecule has 1 heterocycles. The summed E-state index contributed by atoms with van der Waals surface area (Å²) in [4.78, 5) is 15.7. The van der Waals surface area contributed by atoms with Gasteiger partial charge in [0.1, 0.15) is 0 Å². The number of methoxy groups -OCH3 is 1. The zero-order valence-corrected chi connectivity index (χ0v) is 12.5. The second-order valence-electron chi connectivity index (χ2n) is 3.83. The second-order valence-corrected chi connectivity index (χ2v) is 5.30. The van der Waals surface area contributed by atoms with Crippen molar-refractivity contribution in [3.05, 3.63) is 27.6 Å². The lowest BCUT2D eigenvalue weighted by molar-refractivity contribution is -0.113. The average molecular weight is 313 g/mol. The summed E-state index contributed by atoms with van der Waals surface area (Å²) in [6.07, 6.45) is 1.67. The third-order valence-corrected chi connectivity index (χ3v) is 3.56. The molecule has 0 fully saturated rings. The molecular weight excluding hydrogens is 300 g/mol. The standard InChI is InChI=1S/C13H13ClN2O3S/c1-3-19-9-5-7(4-8(14)11(9)18-2)6-10-12(17)16-13(15)20-10/h4-6H,3H2,1-2H3,(H2,15,16,17)/b10-6-. The molecule has 7 heteroatoms. The number of amides is 1. The van der Waals surface area contributed by atoms with Crippen LogP contribution in [0, 0.1) is 0 Å². The van der Waals surface area contributed by atoms with E-state index in [2.05, 4.69) is 4.99 Å². The lowest BCUT2D eigenvalue weighted by atomic mass is 10.2. The molecule has 5 nitrogen and oxygen atoms in total. The highest BCUT2D eigenvalue weighted by Crippen LogP contribution is 2.37. The number of halogens is 1. The minimum atomic E-state index is -0.350. The van der Waals surface area contributed by atoms with Gasteiger partial charge in [-0.3, -0.25) is 4.79 Å². The molecule has 1 aromatic rings. The minimum Gasteiger partial charge on any atom is -0.491 e. The Bertz CT molecular complexity index is 614. The number of thioether (sulfide) groups is 1. The van der Waals surface area contributed by atoms with Crippen LogP contribution < -0.4 is 15.2 Å². The van der Waals surface area contributed by atoms with Crippen LogP contribution in [-0.2, 0) is 4.79 Å². The topological polar surface area (TPSA) is 73.9 Å². The van der Waals surface area contributed by atoms with E-state index in [1.54, 1.807) is 18.2 Å². The maximum atomic E-state index is 11.6. The average Bonchev–Trinajstić information content (AvgIpc) is 2.68. The maximum absolute atomic E-state index is 11.6. The van der Waals surface area contributed by atoms with Crippen molar-refractivity contribution in [2.45, 2.75) is 6.92 Å². The molecule has 0 spiro atoms.